The summed E-state index contributed by atoms with van der Waals surface area (Å²) in [7, 11) is 1.28. The molecule has 2 heterocycles. The summed E-state index contributed by atoms with van der Waals surface area (Å²) >= 11 is 0. The Balaban J connectivity index is 1.54. The molecule has 0 fully saturated rings. The Hall–Kier alpha value is -3.15. The van der Waals surface area contributed by atoms with Crippen LogP contribution < -0.4 is 5.32 Å². The second-order valence-corrected chi connectivity index (χ2v) is 5.58. The number of carbonyl (C=O) groups excluding carboxylic acids is 2. The van der Waals surface area contributed by atoms with E-state index in [1.807, 2.05) is 18.3 Å². The number of benzene rings is 1. The normalized spacial score (nSPS) is 10.6. The summed E-state index contributed by atoms with van der Waals surface area (Å²) in [5, 5.41) is 4.03. The molecule has 1 N–H and O–H groups in total. The maximum atomic E-state index is 12.1. The van der Waals surface area contributed by atoms with E-state index in [1.165, 1.54) is 24.1 Å². The van der Waals surface area contributed by atoms with Crippen LogP contribution in [0.1, 0.15) is 27.4 Å². The molecule has 0 aliphatic rings. The van der Waals surface area contributed by atoms with Crippen LogP contribution in [0.15, 0.2) is 54.7 Å². The van der Waals surface area contributed by atoms with E-state index >= 15 is 0 Å². The molecule has 0 aliphatic carbocycles. The van der Waals surface area contributed by atoms with Crippen molar-refractivity contribution in [3.05, 3.63) is 66.1 Å². The highest BCUT2D eigenvalue weighted by Gasteiger charge is 2.12. The van der Waals surface area contributed by atoms with Gasteiger partial charge in [0.05, 0.1) is 7.11 Å². The number of nitrogens with one attached hydrogen (secondary N) is 1. The van der Waals surface area contributed by atoms with Crippen molar-refractivity contribution in [2.24, 2.45) is 0 Å². The number of rotatable bonds is 6. The fourth-order valence-corrected chi connectivity index (χ4v) is 2.66. The average molecular weight is 337 g/mol. The van der Waals surface area contributed by atoms with Gasteiger partial charge in [0.15, 0.2) is 0 Å². The number of ether oxygens (including phenoxy) is 1. The van der Waals surface area contributed by atoms with Crippen LogP contribution in [0.3, 0.4) is 0 Å². The summed E-state index contributed by atoms with van der Waals surface area (Å²) in [6.07, 6.45) is 2.84. The van der Waals surface area contributed by atoms with Gasteiger partial charge in [0, 0.05) is 24.8 Å². The molecule has 6 heteroatoms. The van der Waals surface area contributed by atoms with Crippen molar-refractivity contribution in [2.45, 2.75) is 13.0 Å². The second-order valence-electron chi connectivity index (χ2n) is 5.58. The molecule has 0 atom stereocenters. The highest BCUT2D eigenvalue weighted by atomic mass is 16.5. The third-order valence-electron chi connectivity index (χ3n) is 3.92. The summed E-state index contributed by atoms with van der Waals surface area (Å²) in [6, 6.07) is 15.0. The van der Waals surface area contributed by atoms with Crippen LogP contribution in [0.4, 0.5) is 0 Å². The Bertz CT molecular complexity index is 902. The molecule has 128 valence electrons. The minimum atomic E-state index is -0.561. The van der Waals surface area contributed by atoms with Gasteiger partial charge in [-0.1, -0.05) is 24.3 Å². The van der Waals surface area contributed by atoms with Crippen LogP contribution in [0.2, 0.25) is 0 Å². The van der Waals surface area contributed by atoms with E-state index in [9.17, 15) is 9.59 Å². The number of carbonyl (C=O) groups is 2. The quantitative estimate of drug-likeness (QED) is 0.554. The van der Waals surface area contributed by atoms with Gasteiger partial charge in [0.1, 0.15) is 11.4 Å². The number of amides is 1. The molecular weight excluding hydrogens is 318 g/mol. The third kappa shape index (κ3) is 3.85. The lowest BCUT2D eigenvalue weighted by Gasteiger charge is -2.07. The molecular formula is C19H19N3O3. The highest BCUT2D eigenvalue weighted by molar-refractivity contribution is 5.94. The van der Waals surface area contributed by atoms with Crippen molar-refractivity contribution in [2.75, 3.05) is 13.7 Å². The van der Waals surface area contributed by atoms with Gasteiger partial charge in [-0.3, -0.25) is 4.79 Å². The molecule has 3 rings (SSSR count). The van der Waals surface area contributed by atoms with E-state index < -0.39 is 5.97 Å². The van der Waals surface area contributed by atoms with Gasteiger partial charge in [0.2, 0.25) is 0 Å². The first kappa shape index (κ1) is 16.7. The maximum absolute atomic E-state index is 12.1. The molecule has 0 saturated carbocycles. The number of aryl methyl sites for hydroxylation is 1. The standard InChI is InChI=1S/C19H19N3O3/c1-25-19(24)16-8-4-7-15(21-16)18(23)20-11-5-12-22-13-10-14-6-2-3-9-17(14)22/h2-4,6-10,13H,5,11-12H2,1H3,(H,20,23). The number of methoxy groups -OCH3 is 1. The Kier molecular flexibility index (Phi) is 5.09. The summed E-state index contributed by atoms with van der Waals surface area (Å²) in [5.74, 6) is -0.864. The van der Waals surface area contributed by atoms with E-state index in [0.717, 1.165) is 13.0 Å². The monoisotopic (exact) mass is 337 g/mol. The van der Waals surface area contributed by atoms with Gasteiger partial charge >= 0.3 is 5.97 Å². The SMILES string of the molecule is COC(=O)c1cccc(C(=O)NCCCn2ccc3ccccc32)n1. The number of fused-ring (bicyclic) bond motifs is 1. The first-order chi connectivity index (χ1) is 12.2. The zero-order valence-electron chi connectivity index (χ0n) is 13.9. The van der Waals surface area contributed by atoms with E-state index in [1.54, 1.807) is 12.1 Å². The van der Waals surface area contributed by atoms with E-state index in [-0.39, 0.29) is 17.3 Å². The van der Waals surface area contributed by atoms with Gasteiger partial charge in [-0.25, -0.2) is 9.78 Å². The summed E-state index contributed by atoms with van der Waals surface area (Å²) < 4.78 is 6.77. The van der Waals surface area contributed by atoms with Crippen molar-refractivity contribution < 1.29 is 14.3 Å². The van der Waals surface area contributed by atoms with E-state index in [2.05, 4.69) is 37.8 Å². The number of pyridine rings is 1. The molecule has 0 unspecified atom stereocenters. The molecule has 1 aromatic carbocycles. The smallest absolute Gasteiger partial charge is 0.356 e. The van der Waals surface area contributed by atoms with Crippen molar-refractivity contribution in [3.8, 4) is 0 Å². The van der Waals surface area contributed by atoms with E-state index in [4.69, 9.17) is 0 Å². The fraction of sp³-hybridized carbons (Fsp3) is 0.211. The fourth-order valence-electron chi connectivity index (χ4n) is 2.66. The van der Waals surface area contributed by atoms with Gasteiger partial charge < -0.3 is 14.6 Å². The number of hydrogen-bond acceptors (Lipinski definition) is 4. The number of esters is 1. The Labute approximate surface area is 145 Å². The number of nitrogens with zero attached hydrogens (tertiary/aromatic N) is 2. The predicted octanol–water partition coefficient (Wildman–Crippen LogP) is 2.64. The first-order valence-corrected chi connectivity index (χ1v) is 8.06. The highest BCUT2D eigenvalue weighted by Crippen LogP contribution is 2.15. The van der Waals surface area contributed by atoms with Gasteiger partial charge in [-0.15, -0.1) is 0 Å². The maximum Gasteiger partial charge on any atom is 0.356 e. The molecule has 0 spiro atoms. The lowest BCUT2D eigenvalue weighted by Crippen LogP contribution is -2.26. The molecule has 1 amide bonds. The largest absolute Gasteiger partial charge is 0.464 e. The number of hydrogen-bond donors (Lipinski definition) is 1. The van der Waals surface area contributed by atoms with E-state index in [0.29, 0.717) is 6.54 Å². The lowest BCUT2D eigenvalue weighted by atomic mass is 10.2. The molecule has 0 radical (unpaired) electrons. The lowest BCUT2D eigenvalue weighted by molar-refractivity contribution is 0.0594. The van der Waals surface area contributed by atoms with Crippen LogP contribution in [0.5, 0.6) is 0 Å². The first-order valence-electron chi connectivity index (χ1n) is 8.06. The molecule has 2 aromatic heterocycles. The molecule has 25 heavy (non-hydrogen) atoms. The Morgan fingerprint density at radius 3 is 2.72 bits per heavy atom. The van der Waals surface area contributed by atoms with Gasteiger partial charge in [-0.2, -0.15) is 0 Å². The minimum absolute atomic E-state index is 0.119. The number of aromatic nitrogens is 2. The summed E-state index contributed by atoms with van der Waals surface area (Å²) in [5.41, 5.74) is 1.50. The van der Waals surface area contributed by atoms with Crippen LogP contribution in [0.25, 0.3) is 10.9 Å². The summed E-state index contributed by atoms with van der Waals surface area (Å²) in [4.78, 5) is 27.6. The van der Waals surface area contributed by atoms with Crippen molar-refractivity contribution >= 4 is 22.8 Å². The third-order valence-corrected chi connectivity index (χ3v) is 3.92. The molecule has 0 saturated heterocycles. The van der Waals surface area contributed by atoms with Crippen LogP contribution in [-0.4, -0.2) is 35.1 Å². The molecule has 0 bridgehead atoms. The Morgan fingerprint density at radius 2 is 1.88 bits per heavy atom. The van der Waals surface area contributed by atoms with Crippen LogP contribution in [0, 0.1) is 0 Å². The predicted molar refractivity (Wildman–Crippen MR) is 94.5 cm³/mol. The second kappa shape index (κ2) is 7.61. The van der Waals surface area contributed by atoms with Gasteiger partial charge in [-0.05, 0) is 36.1 Å². The number of para-hydroxylation sites is 1. The zero-order chi connectivity index (χ0) is 17.6. The Morgan fingerprint density at radius 1 is 1.08 bits per heavy atom. The molecule has 0 aliphatic heterocycles. The summed E-state index contributed by atoms with van der Waals surface area (Å²) in [6.45, 7) is 1.33. The van der Waals surface area contributed by atoms with Crippen LogP contribution in [-0.2, 0) is 11.3 Å². The minimum Gasteiger partial charge on any atom is -0.464 e. The van der Waals surface area contributed by atoms with Crippen LogP contribution >= 0.6 is 0 Å². The van der Waals surface area contributed by atoms with Crippen molar-refractivity contribution in [1.82, 2.24) is 14.9 Å². The molecule has 6 nitrogen and oxygen atoms in total. The van der Waals surface area contributed by atoms with Crippen molar-refractivity contribution in [1.29, 1.82) is 0 Å². The van der Waals surface area contributed by atoms with Crippen molar-refractivity contribution in [3.63, 3.8) is 0 Å². The molecule has 3 aromatic rings. The van der Waals surface area contributed by atoms with Gasteiger partial charge in [0.25, 0.3) is 5.91 Å². The topological polar surface area (TPSA) is 73.2 Å². The zero-order valence-corrected chi connectivity index (χ0v) is 13.9. The average Bonchev–Trinajstić information content (AvgIpc) is 3.07.